The van der Waals surface area contributed by atoms with E-state index >= 15 is 0 Å². The third-order valence-corrected chi connectivity index (χ3v) is 4.04. The summed E-state index contributed by atoms with van der Waals surface area (Å²) in [6, 6.07) is 7.35. The summed E-state index contributed by atoms with van der Waals surface area (Å²) in [6.07, 6.45) is 5.84. The zero-order chi connectivity index (χ0) is 16.8. The van der Waals surface area contributed by atoms with Gasteiger partial charge >= 0.3 is 6.03 Å². The molecular weight excluding hydrogens is 304 g/mol. The molecule has 7 nitrogen and oxygen atoms in total. The molecule has 4 N–H and O–H groups in total. The molecular formula is C17H22N6O. The number of nitrogen functional groups attached to an aromatic ring is 1. The molecule has 1 saturated heterocycles. The highest BCUT2D eigenvalue weighted by atomic mass is 16.2. The van der Waals surface area contributed by atoms with Crippen LogP contribution in [-0.4, -0.2) is 47.1 Å². The lowest BCUT2D eigenvalue weighted by molar-refractivity contribution is 0.249. The Morgan fingerprint density at radius 1 is 1.17 bits per heavy atom. The summed E-state index contributed by atoms with van der Waals surface area (Å²) in [6.45, 7) is 3.82. The van der Waals surface area contributed by atoms with Crippen LogP contribution in [0.5, 0.6) is 0 Å². The first-order valence-corrected chi connectivity index (χ1v) is 8.16. The minimum atomic E-state index is -0.195. The van der Waals surface area contributed by atoms with Crippen molar-refractivity contribution < 1.29 is 4.79 Å². The highest BCUT2D eigenvalue weighted by Gasteiger charge is 2.11. The Bertz CT molecular complexity index is 682. The second-order valence-corrected chi connectivity index (χ2v) is 5.84. The number of hydrogen-bond donors (Lipinski definition) is 3. The van der Waals surface area contributed by atoms with Crippen LogP contribution in [0.2, 0.25) is 0 Å². The third-order valence-electron chi connectivity index (χ3n) is 4.04. The van der Waals surface area contributed by atoms with E-state index in [1.54, 1.807) is 12.4 Å². The molecule has 2 aromatic rings. The Morgan fingerprint density at radius 3 is 2.67 bits per heavy atom. The Hall–Kier alpha value is -2.67. The number of nitrogens with one attached hydrogen (secondary N) is 2. The highest BCUT2D eigenvalue weighted by Crippen LogP contribution is 2.21. The number of carbonyl (C=O) groups is 1. The maximum atomic E-state index is 12.0. The van der Waals surface area contributed by atoms with Crippen LogP contribution in [0.1, 0.15) is 12.8 Å². The van der Waals surface area contributed by atoms with Crippen molar-refractivity contribution in [3.8, 4) is 11.1 Å². The quantitative estimate of drug-likeness (QED) is 0.780. The van der Waals surface area contributed by atoms with Gasteiger partial charge in [0.05, 0.1) is 0 Å². The van der Waals surface area contributed by atoms with Crippen LogP contribution in [0.4, 0.5) is 16.4 Å². The molecule has 2 amide bonds. The zero-order valence-electron chi connectivity index (χ0n) is 13.5. The van der Waals surface area contributed by atoms with Crippen molar-refractivity contribution in [1.29, 1.82) is 0 Å². The number of rotatable bonds is 5. The van der Waals surface area contributed by atoms with Gasteiger partial charge in [-0.15, -0.1) is 0 Å². The van der Waals surface area contributed by atoms with Crippen LogP contribution in [0.3, 0.4) is 0 Å². The third kappa shape index (κ3) is 4.42. The Labute approximate surface area is 141 Å². The van der Waals surface area contributed by atoms with Gasteiger partial charge in [-0.2, -0.15) is 0 Å². The van der Waals surface area contributed by atoms with Gasteiger partial charge in [0.2, 0.25) is 5.95 Å². The second kappa shape index (κ2) is 7.74. The number of urea groups is 1. The van der Waals surface area contributed by atoms with Crippen molar-refractivity contribution in [3.63, 3.8) is 0 Å². The van der Waals surface area contributed by atoms with Gasteiger partial charge in [-0.1, -0.05) is 12.1 Å². The molecule has 0 atom stereocenters. The normalized spacial score (nSPS) is 14.5. The van der Waals surface area contributed by atoms with E-state index in [1.165, 1.54) is 12.8 Å². The lowest BCUT2D eigenvalue weighted by Crippen LogP contribution is -2.35. The minimum Gasteiger partial charge on any atom is -0.368 e. The summed E-state index contributed by atoms with van der Waals surface area (Å²) in [5.41, 5.74) is 8.00. The SMILES string of the molecule is Nc1ncc(-c2cccc(NC(=O)NCCN3CCCC3)c2)cn1. The van der Waals surface area contributed by atoms with E-state index in [9.17, 15) is 4.79 Å². The van der Waals surface area contributed by atoms with Crippen LogP contribution >= 0.6 is 0 Å². The molecule has 0 unspecified atom stereocenters. The molecule has 3 rings (SSSR count). The molecule has 1 aromatic carbocycles. The summed E-state index contributed by atoms with van der Waals surface area (Å²) in [7, 11) is 0. The van der Waals surface area contributed by atoms with Gasteiger partial charge in [-0.3, -0.25) is 0 Å². The van der Waals surface area contributed by atoms with E-state index in [1.807, 2.05) is 24.3 Å². The number of carbonyl (C=O) groups excluding carboxylic acids is 1. The first-order chi connectivity index (χ1) is 11.7. The molecule has 0 saturated carbocycles. The van der Waals surface area contributed by atoms with Gasteiger partial charge in [-0.05, 0) is 43.6 Å². The predicted molar refractivity (Wildman–Crippen MR) is 94.6 cm³/mol. The smallest absolute Gasteiger partial charge is 0.319 e. The lowest BCUT2D eigenvalue weighted by Gasteiger charge is -2.15. The Balaban J connectivity index is 1.53. The van der Waals surface area contributed by atoms with Crippen molar-refractivity contribution in [2.75, 3.05) is 37.2 Å². The van der Waals surface area contributed by atoms with Crippen molar-refractivity contribution in [3.05, 3.63) is 36.7 Å². The first kappa shape index (κ1) is 16.2. The Kier molecular flexibility index (Phi) is 5.22. The Morgan fingerprint density at radius 2 is 1.92 bits per heavy atom. The fourth-order valence-electron chi connectivity index (χ4n) is 2.77. The fraction of sp³-hybridized carbons (Fsp3) is 0.353. The average molecular weight is 326 g/mol. The van der Waals surface area contributed by atoms with Crippen LogP contribution in [0.15, 0.2) is 36.7 Å². The summed E-state index contributed by atoms with van der Waals surface area (Å²) in [5.74, 6) is 0.241. The summed E-state index contributed by atoms with van der Waals surface area (Å²) >= 11 is 0. The van der Waals surface area contributed by atoms with Crippen molar-refractivity contribution in [1.82, 2.24) is 20.2 Å². The number of benzene rings is 1. The molecule has 0 aliphatic carbocycles. The number of anilines is 2. The molecule has 0 radical (unpaired) electrons. The fourth-order valence-corrected chi connectivity index (χ4v) is 2.77. The van der Waals surface area contributed by atoms with Crippen molar-refractivity contribution in [2.45, 2.75) is 12.8 Å². The summed E-state index contributed by atoms with van der Waals surface area (Å²) < 4.78 is 0. The second-order valence-electron chi connectivity index (χ2n) is 5.84. The van der Waals surface area contributed by atoms with E-state index in [0.717, 1.165) is 36.4 Å². The number of nitrogens with zero attached hydrogens (tertiary/aromatic N) is 3. The average Bonchev–Trinajstić information content (AvgIpc) is 3.09. The van der Waals surface area contributed by atoms with E-state index in [0.29, 0.717) is 6.54 Å². The summed E-state index contributed by atoms with van der Waals surface area (Å²) in [5, 5.41) is 5.75. The largest absolute Gasteiger partial charge is 0.368 e. The molecule has 24 heavy (non-hydrogen) atoms. The number of hydrogen-bond acceptors (Lipinski definition) is 5. The number of aromatic nitrogens is 2. The number of nitrogens with two attached hydrogens (primary N) is 1. The molecule has 1 aliphatic rings. The predicted octanol–water partition coefficient (Wildman–Crippen LogP) is 1.94. The van der Waals surface area contributed by atoms with E-state index < -0.39 is 0 Å². The molecule has 1 aromatic heterocycles. The van der Waals surface area contributed by atoms with Gasteiger partial charge in [0.25, 0.3) is 0 Å². The van der Waals surface area contributed by atoms with Crippen LogP contribution in [-0.2, 0) is 0 Å². The maximum absolute atomic E-state index is 12.0. The molecule has 2 heterocycles. The molecule has 1 fully saturated rings. The molecule has 7 heteroatoms. The maximum Gasteiger partial charge on any atom is 0.319 e. The van der Waals surface area contributed by atoms with Gasteiger partial charge in [0.15, 0.2) is 0 Å². The summed E-state index contributed by atoms with van der Waals surface area (Å²) in [4.78, 5) is 22.3. The molecule has 1 aliphatic heterocycles. The molecule has 126 valence electrons. The zero-order valence-corrected chi connectivity index (χ0v) is 13.5. The first-order valence-electron chi connectivity index (χ1n) is 8.16. The minimum absolute atomic E-state index is 0.195. The van der Waals surface area contributed by atoms with E-state index in [4.69, 9.17) is 5.73 Å². The molecule has 0 bridgehead atoms. The van der Waals surface area contributed by atoms with E-state index in [-0.39, 0.29) is 12.0 Å². The van der Waals surface area contributed by atoms with Crippen molar-refractivity contribution in [2.24, 2.45) is 0 Å². The van der Waals surface area contributed by atoms with Gasteiger partial charge in [-0.25, -0.2) is 14.8 Å². The van der Waals surface area contributed by atoms with Crippen LogP contribution in [0.25, 0.3) is 11.1 Å². The highest BCUT2D eigenvalue weighted by molar-refractivity contribution is 5.90. The lowest BCUT2D eigenvalue weighted by atomic mass is 10.1. The van der Waals surface area contributed by atoms with Crippen LogP contribution < -0.4 is 16.4 Å². The monoisotopic (exact) mass is 326 g/mol. The topological polar surface area (TPSA) is 96.2 Å². The van der Waals surface area contributed by atoms with Gasteiger partial charge in [0, 0.05) is 36.7 Å². The van der Waals surface area contributed by atoms with Gasteiger partial charge in [0.1, 0.15) is 0 Å². The van der Waals surface area contributed by atoms with E-state index in [2.05, 4.69) is 25.5 Å². The van der Waals surface area contributed by atoms with Crippen molar-refractivity contribution >= 4 is 17.7 Å². The standard InChI is InChI=1S/C17H22N6O/c18-16-20-11-14(12-21-16)13-4-3-5-15(10-13)22-17(24)19-6-9-23-7-1-2-8-23/h3-5,10-12H,1-2,6-9H2,(H2,18,20,21)(H2,19,22,24). The number of likely N-dealkylation sites (tertiary alicyclic amines) is 1. The molecule has 0 spiro atoms. The van der Waals surface area contributed by atoms with Gasteiger partial charge < -0.3 is 21.3 Å². The van der Waals surface area contributed by atoms with Crippen LogP contribution in [0, 0.1) is 0 Å². The number of amides is 2.